The maximum absolute atomic E-state index is 10.0. The Kier molecular flexibility index (Phi) is 2.84. The fraction of sp³-hybridized carbons (Fsp3) is 0.333. The van der Waals surface area contributed by atoms with Gasteiger partial charge in [0, 0.05) is 18.9 Å². The van der Waals surface area contributed by atoms with Crippen molar-refractivity contribution in [2.45, 2.75) is 25.5 Å². The number of aromatic hydroxyl groups is 1. The summed E-state index contributed by atoms with van der Waals surface area (Å²) in [5, 5.41) is 19.3. The van der Waals surface area contributed by atoms with Gasteiger partial charge in [0.1, 0.15) is 5.75 Å². The first-order valence-electron chi connectivity index (χ1n) is 6.34. The average molecular weight is 243 g/mol. The molecule has 2 aromatic rings. The number of rotatable bonds is 4. The first-order chi connectivity index (χ1) is 8.72. The molecule has 0 saturated heterocycles. The largest absolute Gasteiger partial charge is 0.508 e. The smallest absolute Gasteiger partial charge is 0.115 e. The van der Waals surface area contributed by atoms with Crippen LogP contribution in [0.3, 0.4) is 0 Å². The van der Waals surface area contributed by atoms with E-state index in [1.165, 1.54) is 0 Å². The summed E-state index contributed by atoms with van der Waals surface area (Å²) < 4.78 is 2.06. The Balaban J connectivity index is 1.71. The van der Waals surface area contributed by atoms with Crippen molar-refractivity contribution in [3.05, 3.63) is 53.9 Å². The molecule has 1 fully saturated rings. The van der Waals surface area contributed by atoms with Crippen LogP contribution in [0.5, 0.6) is 5.75 Å². The van der Waals surface area contributed by atoms with Gasteiger partial charge < -0.3 is 14.8 Å². The molecule has 1 atom stereocenters. The molecule has 18 heavy (non-hydrogen) atoms. The van der Waals surface area contributed by atoms with E-state index in [0.717, 1.165) is 30.5 Å². The molecule has 0 amide bonds. The first-order valence-corrected chi connectivity index (χ1v) is 6.34. The van der Waals surface area contributed by atoms with Crippen LogP contribution in [0.2, 0.25) is 0 Å². The number of nitrogens with zero attached hydrogens (tertiary/aromatic N) is 1. The van der Waals surface area contributed by atoms with E-state index in [1.807, 2.05) is 30.6 Å². The van der Waals surface area contributed by atoms with Crippen molar-refractivity contribution in [3.63, 3.8) is 0 Å². The Morgan fingerprint density at radius 3 is 2.56 bits per heavy atom. The summed E-state index contributed by atoms with van der Waals surface area (Å²) in [4.78, 5) is 0. The van der Waals surface area contributed by atoms with Crippen LogP contribution in [0.4, 0.5) is 0 Å². The Labute approximate surface area is 106 Å². The molecule has 1 saturated carbocycles. The summed E-state index contributed by atoms with van der Waals surface area (Å²) in [5.74, 6) is 0.755. The maximum Gasteiger partial charge on any atom is 0.115 e. The molecule has 1 heterocycles. The third kappa shape index (κ3) is 2.41. The van der Waals surface area contributed by atoms with E-state index in [9.17, 15) is 10.2 Å². The van der Waals surface area contributed by atoms with E-state index in [4.69, 9.17) is 0 Å². The average Bonchev–Trinajstić information content (AvgIpc) is 3.12. The molecule has 1 unspecified atom stereocenters. The lowest BCUT2D eigenvalue weighted by molar-refractivity contribution is 0.154. The molecule has 1 aliphatic rings. The number of aliphatic hydroxyl groups is 1. The van der Waals surface area contributed by atoms with Gasteiger partial charge in [-0.05, 0) is 48.1 Å². The monoisotopic (exact) mass is 243 g/mol. The number of benzene rings is 1. The first kappa shape index (κ1) is 11.4. The summed E-state index contributed by atoms with van der Waals surface area (Å²) >= 11 is 0. The third-order valence-corrected chi connectivity index (χ3v) is 3.48. The minimum atomic E-state index is -0.300. The lowest BCUT2D eigenvalue weighted by Gasteiger charge is -2.06. The Hall–Kier alpha value is -1.74. The maximum atomic E-state index is 10.0. The molecule has 1 aromatic carbocycles. The van der Waals surface area contributed by atoms with Gasteiger partial charge in [-0.25, -0.2) is 0 Å². The van der Waals surface area contributed by atoms with Crippen molar-refractivity contribution in [2.24, 2.45) is 5.92 Å². The molecule has 3 rings (SSSR count). The molecule has 0 radical (unpaired) electrons. The van der Waals surface area contributed by atoms with E-state index in [1.54, 1.807) is 12.1 Å². The molecule has 2 N–H and O–H groups in total. The van der Waals surface area contributed by atoms with Crippen molar-refractivity contribution in [2.75, 3.05) is 0 Å². The zero-order valence-corrected chi connectivity index (χ0v) is 10.2. The summed E-state index contributed by atoms with van der Waals surface area (Å²) in [6.07, 6.45) is 5.99. The van der Waals surface area contributed by atoms with E-state index in [0.29, 0.717) is 5.92 Å². The van der Waals surface area contributed by atoms with Gasteiger partial charge in [0.15, 0.2) is 0 Å². The fourth-order valence-electron chi connectivity index (χ4n) is 2.23. The standard InChI is InChI=1S/C15H17NO2/c17-14-5-1-11(2-6-14)9-16-8-7-13(10-16)15(18)12-3-4-12/h1-2,5-8,10,12,15,17-18H,3-4,9H2. The SMILES string of the molecule is Oc1ccc(Cn2ccc(C(O)C3CC3)c2)cc1. The number of hydrogen-bond donors (Lipinski definition) is 2. The van der Waals surface area contributed by atoms with Gasteiger partial charge in [-0.15, -0.1) is 0 Å². The molecule has 3 nitrogen and oxygen atoms in total. The summed E-state index contributed by atoms with van der Waals surface area (Å²) in [6, 6.07) is 9.19. The molecule has 1 aliphatic carbocycles. The van der Waals surface area contributed by atoms with E-state index < -0.39 is 0 Å². The highest BCUT2D eigenvalue weighted by Crippen LogP contribution is 2.40. The Morgan fingerprint density at radius 1 is 1.17 bits per heavy atom. The van der Waals surface area contributed by atoms with Crippen LogP contribution >= 0.6 is 0 Å². The van der Waals surface area contributed by atoms with Crippen molar-refractivity contribution in [1.82, 2.24) is 4.57 Å². The molecular weight excluding hydrogens is 226 g/mol. The number of aliphatic hydroxyl groups excluding tert-OH is 1. The summed E-state index contributed by atoms with van der Waals surface area (Å²) in [6.45, 7) is 0.762. The minimum Gasteiger partial charge on any atom is -0.508 e. The summed E-state index contributed by atoms with van der Waals surface area (Å²) in [5.41, 5.74) is 2.15. The second-order valence-electron chi connectivity index (χ2n) is 5.07. The molecule has 3 heteroatoms. The molecule has 94 valence electrons. The van der Waals surface area contributed by atoms with Crippen molar-refractivity contribution in [3.8, 4) is 5.75 Å². The van der Waals surface area contributed by atoms with Gasteiger partial charge >= 0.3 is 0 Å². The van der Waals surface area contributed by atoms with Gasteiger partial charge in [0.05, 0.1) is 6.10 Å². The molecule has 0 bridgehead atoms. The second-order valence-corrected chi connectivity index (χ2v) is 5.07. The number of aromatic nitrogens is 1. The zero-order chi connectivity index (χ0) is 12.5. The van der Waals surface area contributed by atoms with Crippen LogP contribution < -0.4 is 0 Å². The molecular formula is C15H17NO2. The quantitative estimate of drug-likeness (QED) is 0.867. The van der Waals surface area contributed by atoms with Crippen LogP contribution in [0, 0.1) is 5.92 Å². The topological polar surface area (TPSA) is 45.4 Å². The van der Waals surface area contributed by atoms with Gasteiger partial charge in [0.25, 0.3) is 0 Å². The van der Waals surface area contributed by atoms with E-state index in [2.05, 4.69) is 4.57 Å². The van der Waals surface area contributed by atoms with E-state index >= 15 is 0 Å². The third-order valence-electron chi connectivity index (χ3n) is 3.48. The van der Waals surface area contributed by atoms with Crippen molar-refractivity contribution in [1.29, 1.82) is 0 Å². The predicted octanol–water partition coefficient (Wildman–Crippen LogP) is 2.69. The lowest BCUT2D eigenvalue weighted by Crippen LogP contribution is -1.99. The van der Waals surface area contributed by atoms with Crippen molar-refractivity contribution >= 4 is 0 Å². The highest BCUT2D eigenvalue weighted by Gasteiger charge is 2.31. The van der Waals surface area contributed by atoms with Crippen LogP contribution in [-0.4, -0.2) is 14.8 Å². The predicted molar refractivity (Wildman–Crippen MR) is 69.3 cm³/mol. The number of phenolic OH excluding ortho intramolecular Hbond substituents is 1. The van der Waals surface area contributed by atoms with Crippen LogP contribution in [-0.2, 0) is 6.54 Å². The second kappa shape index (κ2) is 4.50. The Morgan fingerprint density at radius 2 is 1.89 bits per heavy atom. The lowest BCUT2D eigenvalue weighted by atomic mass is 10.1. The minimum absolute atomic E-state index is 0.288. The highest BCUT2D eigenvalue weighted by molar-refractivity contribution is 5.26. The van der Waals surface area contributed by atoms with Crippen LogP contribution in [0.25, 0.3) is 0 Å². The number of phenols is 1. The van der Waals surface area contributed by atoms with Gasteiger partial charge in [0.2, 0.25) is 0 Å². The molecule has 0 spiro atoms. The zero-order valence-electron chi connectivity index (χ0n) is 10.2. The Bertz CT molecular complexity index is 526. The fourth-order valence-corrected chi connectivity index (χ4v) is 2.23. The number of hydrogen-bond acceptors (Lipinski definition) is 2. The van der Waals surface area contributed by atoms with Gasteiger partial charge in [-0.2, -0.15) is 0 Å². The van der Waals surface area contributed by atoms with E-state index in [-0.39, 0.29) is 11.9 Å². The molecule has 0 aliphatic heterocycles. The molecule has 1 aromatic heterocycles. The van der Waals surface area contributed by atoms with Crippen LogP contribution in [0.1, 0.15) is 30.1 Å². The normalized spacial score (nSPS) is 16.7. The van der Waals surface area contributed by atoms with Gasteiger partial charge in [-0.3, -0.25) is 0 Å². The summed E-state index contributed by atoms with van der Waals surface area (Å²) in [7, 11) is 0. The highest BCUT2D eigenvalue weighted by atomic mass is 16.3. The van der Waals surface area contributed by atoms with Crippen LogP contribution in [0.15, 0.2) is 42.7 Å². The van der Waals surface area contributed by atoms with Crippen molar-refractivity contribution < 1.29 is 10.2 Å². The van der Waals surface area contributed by atoms with Gasteiger partial charge in [-0.1, -0.05) is 12.1 Å².